The summed E-state index contributed by atoms with van der Waals surface area (Å²) in [5.41, 5.74) is 1.19. The normalized spacial score (nSPS) is 18.9. The standard InChI is InChI=1S/C22H28N10/c1-2-8-23-19(5-1)30-11-13-32(14-12-30)22-26-20(25-21(27-22)31-9-3-4-10-31)24-18-15-17(28-29-18)16-6-7-16/h1-2,5,8,15-16H,3-4,6-7,9-14H2,(H2,24,25,26,27,28,29). The Kier molecular flexibility index (Phi) is 4.97. The van der Waals surface area contributed by atoms with Gasteiger partial charge in [-0.15, -0.1) is 0 Å². The van der Waals surface area contributed by atoms with Crippen LogP contribution < -0.4 is 20.0 Å². The lowest BCUT2D eigenvalue weighted by molar-refractivity contribution is 0.633. The molecule has 0 amide bonds. The maximum absolute atomic E-state index is 4.85. The molecule has 0 unspecified atom stereocenters. The number of rotatable bonds is 6. The Balaban J connectivity index is 1.22. The van der Waals surface area contributed by atoms with Gasteiger partial charge in [-0.1, -0.05) is 6.07 Å². The van der Waals surface area contributed by atoms with Gasteiger partial charge in [0, 0.05) is 63.1 Å². The third-order valence-corrected chi connectivity index (χ3v) is 6.39. The van der Waals surface area contributed by atoms with E-state index in [2.05, 4.69) is 47.3 Å². The lowest BCUT2D eigenvalue weighted by Gasteiger charge is -2.35. The van der Waals surface area contributed by atoms with Gasteiger partial charge in [0.25, 0.3) is 0 Å². The zero-order chi connectivity index (χ0) is 21.3. The van der Waals surface area contributed by atoms with E-state index in [-0.39, 0.29) is 0 Å². The van der Waals surface area contributed by atoms with Crippen LogP contribution in [0.15, 0.2) is 30.5 Å². The molecule has 0 radical (unpaired) electrons. The Hall–Kier alpha value is -3.43. The molecule has 32 heavy (non-hydrogen) atoms. The number of hydrogen-bond acceptors (Lipinski definition) is 9. The van der Waals surface area contributed by atoms with Crippen LogP contribution in [0.3, 0.4) is 0 Å². The first-order valence-electron chi connectivity index (χ1n) is 11.6. The summed E-state index contributed by atoms with van der Waals surface area (Å²) < 4.78 is 0. The van der Waals surface area contributed by atoms with E-state index in [1.807, 2.05) is 18.3 Å². The van der Waals surface area contributed by atoms with E-state index in [0.717, 1.165) is 62.8 Å². The molecule has 0 aromatic carbocycles. The predicted octanol–water partition coefficient (Wildman–Crippen LogP) is 2.54. The van der Waals surface area contributed by atoms with Crippen LogP contribution in [0, 0.1) is 0 Å². The maximum Gasteiger partial charge on any atom is 0.235 e. The zero-order valence-electron chi connectivity index (χ0n) is 18.1. The number of piperazine rings is 1. The number of hydrogen-bond donors (Lipinski definition) is 2. The molecular formula is C22H28N10. The van der Waals surface area contributed by atoms with Crippen molar-refractivity contribution in [1.82, 2.24) is 30.1 Å². The molecule has 2 N–H and O–H groups in total. The maximum atomic E-state index is 4.85. The zero-order valence-corrected chi connectivity index (χ0v) is 18.1. The van der Waals surface area contributed by atoms with Gasteiger partial charge in [0.15, 0.2) is 5.82 Å². The Morgan fingerprint density at radius 1 is 0.844 bits per heavy atom. The van der Waals surface area contributed by atoms with Gasteiger partial charge in [0.1, 0.15) is 5.82 Å². The molecule has 5 heterocycles. The smallest absolute Gasteiger partial charge is 0.235 e. The second kappa shape index (κ2) is 8.25. The number of aromatic nitrogens is 6. The fourth-order valence-corrected chi connectivity index (χ4v) is 4.40. The van der Waals surface area contributed by atoms with Crippen LogP contribution in [0.4, 0.5) is 29.5 Å². The Labute approximate surface area is 187 Å². The molecule has 2 saturated heterocycles. The minimum absolute atomic E-state index is 0.554. The lowest BCUT2D eigenvalue weighted by atomic mass is 10.3. The van der Waals surface area contributed by atoms with Gasteiger partial charge >= 0.3 is 0 Å². The van der Waals surface area contributed by atoms with Crippen molar-refractivity contribution in [3.8, 4) is 0 Å². The monoisotopic (exact) mass is 432 g/mol. The fraction of sp³-hybridized carbons (Fsp3) is 0.500. The third kappa shape index (κ3) is 4.04. The van der Waals surface area contributed by atoms with Crippen molar-refractivity contribution in [3.63, 3.8) is 0 Å². The average molecular weight is 433 g/mol. The average Bonchev–Trinajstić information content (AvgIpc) is 3.34. The number of nitrogens with one attached hydrogen (secondary N) is 2. The van der Waals surface area contributed by atoms with Gasteiger partial charge in [0.2, 0.25) is 17.8 Å². The van der Waals surface area contributed by atoms with Gasteiger partial charge in [-0.2, -0.15) is 20.1 Å². The van der Waals surface area contributed by atoms with E-state index >= 15 is 0 Å². The number of H-pyrrole nitrogens is 1. The Morgan fingerprint density at radius 2 is 1.56 bits per heavy atom. The Morgan fingerprint density at radius 3 is 2.25 bits per heavy atom. The van der Waals surface area contributed by atoms with Crippen LogP contribution in [0.5, 0.6) is 0 Å². The highest BCUT2D eigenvalue weighted by Gasteiger charge is 2.26. The molecule has 0 atom stereocenters. The lowest BCUT2D eigenvalue weighted by Crippen LogP contribution is -2.47. The number of pyridine rings is 1. The largest absolute Gasteiger partial charge is 0.353 e. The summed E-state index contributed by atoms with van der Waals surface area (Å²) in [6.45, 7) is 5.43. The first-order chi connectivity index (χ1) is 15.8. The summed E-state index contributed by atoms with van der Waals surface area (Å²) in [5.74, 6) is 4.44. The molecule has 10 nitrogen and oxygen atoms in total. The molecule has 6 rings (SSSR count). The minimum Gasteiger partial charge on any atom is -0.353 e. The van der Waals surface area contributed by atoms with E-state index in [9.17, 15) is 0 Å². The summed E-state index contributed by atoms with van der Waals surface area (Å²) in [4.78, 5) is 25.6. The van der Waals surface area contributed by atoms with Crippen molar-refractivity contribution in [3.05, 3.63) is 36.2 Å². The molecule has 3 fully saturated rings. The van der Waals surface area contributed by atoms with Gasteiger partial charge in [-0.25, -0.2) is 4.98 Å². The van der Waals surface area contributed by atoms with Crippen LogP contribution in [-0.4, -0.2) is 69.4 Å². The molecule has 1 saturated carbocycles. The summed E-state index contributed by atoms with van der Waals surface area (Å²) >= 11 is 0. The number of anilines is 5. The van der Waals surface area contributed by atoms with E-state index in [0.29, 0.717) is 11.9 Å². The highest BCUT2D eigenvalue weighted by Crippen LogP contribution is 2.39. The molecule has 10 heteroatoms. The van der Waals surface area contributed by atoms with Crippen LogP contribution >= 0.6 is 0 Å². The van der Waals surface area contributed by atoms with Gasteiger partial charge in [-0.3, -0.25) is 5.10 Å². The molecule has 1 aliphatic carbocycles. The Bertz CT molecular complexity index is 1050. The minimum atomic E-state index is 0.554. The fourth-order valence-electron chi connectivity index (χ4n) is 4.40. The molecule has 2 aliphatic heterocycles. The van der Waals surface area contributed by atoms with E-state index in [1.165, 1.54) is 31.4 Å². The van der Waals surface area contributed by atoms with E-state index in [1.54, 1.807) is 0 Å². The number of aromatic amines is 1. The first kappa shape index (κ1) is 19.3. The van der Waals surface area contributed by atoms with Crippen molar-refractivity contribution in [2.24, 2.45) is 0 Å². The van der Waals surface area contributed by atoms with Crippen LogP contribution in [0.1, 0.15) is 37.3 Å². The highest BCUT2D eigenvalue weighted by molar-refractivity contribution is 5.54. The van der Waals surface area contributed by atoms with Gasteiger partial charge in [-0.05, 0) is 37.8 Å². The van der Waals surface area contributed by atoms with E-state index < -0.39 is 0 Å². The van der Waals surface area contributed by atoms with Crippen LogP contribution in [0.25, 0.3) is 0 Å². The summed E-state index contributed by atoms with van der Waals surface area (Å²) in [6, 6.07) is 8.12. The van der Waals surface area contributed by atoms with E-state index in [4.69, 9.17) is 15.0 Å². The van der Waals surface area contributed by atoms with Crippen molar-refractivity contribution in [2.75, 3.05) is 59.3 Å². The predicted molar refractivity (Wildman–Crippen MR) is 124 cm³/mol. The second-order valence-electron chi connectivity index (χ2n) is 8.72. The summed E-state index contributed by atoms with van der Waals surface area (Å²) in [5, 5.41) is 10.9. The molecule has 3 aromatic rings. The third-order valence-electron chi connectivity index (χ3n) is 6.39. The number of nitrogens with zero attached hydrogens (tertiary/aromatic N) is 8. The molecule has 0 bridgehead atoms. The summed E-state index contributed by atoms with van der Waals surface area (Å²) in [7, 11) is 0. The summed E-state index contributed by atoms with van der Waals surface area (Å²) in [6.07, 6.45) is 6.67. The van der Waals surface area contributed by atoms with Crippen LogP contribution in [-0.2, 0) is 0 Å². The topological polar surface area (TPSA) is 102 Å². The molecule has 3 aliphatic rings. The van der Waals surface area contributed by atoms with Gasteiger partial charge in [0.05, 0.1) is 0 Å². The molecular weight excluding hydrogens is 404 g/mol. The molecule has 0 spiro atoms. The molecule has 166 valence electrons. The second-order valence-corrected chi connectivity index (χ2v) is 8.72. The van der Waals surface area contributed by atoms with Crippen LogP contribution in [0.2, 0.25) is 0 Å². The van der Waals surface area contributed by atoms with Crippen molar-refractivity contribution >= 4 is 29.5 Å². The highest BCUT2D eigenvalue weighted by atomic mass is 15.4. The first-order valence-corrected chi connectivity index (χ1v) is 11.6. The molecule has 3 aromatic heterocycles. The van der Waals surface area contributed by atoms with Crippen molar-refractivity contribution < 1.29 is 0 Å². The SMILES string of the molecule is c1ccc(N2CCN(c3nc(Nc4cc(C5CC5)[nH]n4)nc(N4CCCC4)n3)CC2)nc1. The van der Waals surface area contributed by atoms with Crippen molar-refractivity contribution in [2.45, 2.75) is 31.6 Å². The van der Waals surface area contributed by atoms with Gasteiger partial charge < -0.3 is 20.0 Å². The quantitative estimate of drug-likeness (QED) is 0.608. The van der Waals surface area contributed by atoms with Crippen molar-refractivity contribution in [1.29, 1.82) is 0 Å².